The predicted octanol–water partition coefficient (Wildman–Crippen LogP) is 2.63. The summed E-state index contributed by atoms with van der Waals surface area (Å²) in [5.74, 6) is -0.474. The maximum Gasteiger partial charge on any atom is 0.251 e. The second-order valence-electron chi connectivity index (χ2n) is 5.06. The molecule has 0 aliphatic heterocycles. The van der Waals surface area contributed by atoms with Crippen molar-refractivity contribution in [2.45, 2.75) is 33.6 Å². The minimum atomic E-state index is -0.296. The van der Waals surface area contributed by atoms with E-state index in [0.29, 0.717) is 24.2 Å². The molecule has 1 rings (SSSR count). The minimum absolute atomic E-state index is 0.0509. The van der Waals surface area contributed by atoms with Crippen LogP contribution >= 0.6 is 0 Å². The van der Waals surface area contributed by atoms with Crippen LogP contribution in [0.2, 0.25) is 0 Å². The van der Waals surface area contributed by atoms with Gasteiger partial charge in [-0.1, -0.05) is 13.8 Å². The number of hydrogen-bond donors (Lipinski definition) is 2. The standard InChI is InChI=1S/C15H23FN2O/c1-4-15(5-2,9-17)10-18-14(19)12-6-7-13(16)11(3)8-12/h6-8H,4-5,9-10,17H2,1-3H3,(H,18,19). The number of aryl methyl sites for hydroxylation is 1. The van der Waals surface area contributed by atoms with Crippen molar-refractivity contribution in [3.05, 3.63) is 35.1 Å². The molecule has 0 saturated carbocycles. The highest BCUT2D eigenvalue weighted by atomic mass is 19.1. The lowest BCUT2D eigenvalue weighted by atomic mass is 9.82. The number of nitrogens with two attached hydrogens (primary N) is 1. The Balaban J connectivity index is 2.72. The van der Waals surface area contributed by atoms with Crippen LogP contribution in [0.3, 0.4) is 0 Å². The van der Waals surface area contributed by atoms with Crippen LogP contribution in [0.1, 0.15) is 42.6 Å². The van der Waals surface area contributed by atoms with Crippen molar-refractivity contribution in [3.63, 3.8) is 0 Å². The van der Waals surface area contributed by atoms with Crippen LogP contribution in [0.15, 0.2) is 18.2 Å². The van der Waals surface area contributed by atoms with E-state index >= 15 is 0 Å². The molecule has 4 heteroatoms. The molecule has 0 aliphatic carbocycles. The van der Waals surface area contributed by atoms with Crippen molar-refractivity contribution in [2.24, 2.45) is 11.1 Å². The van der Waals surface area contributed by atoms with Crippen LogP contribution in [-0.2, 0) is 0 Å². The van der Waals surface area contributed by atoms with E-state index in [9.17, 15) is 9.18 Å². The molecule has 0 heterocycles. The lowest BCUT2D eigenvalue weighted by molar-refractivity contribution is 0.0928. The first-order valence-electron chi connectivity index (χ1n) is 6.72. The maximum absolute atomic E-state index is 13.2. The third kappa shape index (κ3) is 3.77. The average molecular weight is 266 g/mol. The lowest BCUT2D eigenvalue weighted by Gasteiger charge is -2.30. The SMILES string of the molecule is CCC(CC)(CN)CNC(=O)c1ccc(F)c(C)c1. The topological polar surface area (TPSA) is 55.1 Å². The number of nitrogens with one attached hydrogen (secondary N) is 1. The van der Waals surface area contributed by atoms with Crippen LogP contribution < -0.4 is 11.1 Å². The first-order chi connectivity index (χ1) is 8.98. The fourth-order valence-electron chi connectivity index (χ4n) is 2.02. The largest absolute Gasteiger partial charge is 0.351 e. The van der Waals surface area contributed by atoms with Crippen LogP contribution in [0, 0.1) is 18.2 Å². The first-order valence-corrected chi connectivity index (χ1v) is 6.72. The summed E-state index contributed by atoms with van der Waals surface area (Å²) >= 11 is 0. The Morgan fingerprint density at radius 3 is 2.47 bits per heavy atom. The number of amides is 1. The molecule has 0 aliphatic rings. The van der Waals surface area contributed by atoms with Gasteiger partial charge < -0.3 is 11.1 Å². The Kier molecular flexibility index (Phi) is 5.48. The van der Waals surface area contributed by atoms with Crippen molar-refractivity contribution in [1.29, 1.82) is 0 Å². The van der Waals surface area contributed by atoms with Crippen LogP contribution in [0.4, 0.5) is 4.39 Å². The second kappa shape index (κ2) is 6.66. The quantitative estimate of drug-likeness (QED) is 0.831. The van der Waals surface area contributed by atoms with Gasteiger partial charge in [0.2, 0.25) is 0 Å². The van der Waals surface area contributed by atoms with Crippen molar-refractivity contribution in [3.8, 4) is 0 Å². The van der Waals surface area contributed by atoms with Gasteiger partial charge in [-0.3, -0.25) is 4.79 Å². The molecule has 0 fully saturated rings. The van der Waals surface area contributed by atoms with Crippen molar-refractivity contribution in [2.75, 3.05) is 13.1 Å². The van der Waals surface area contributed by atoms with Gasteiger partial charge in [0.1, 0.15) is 5.82 Å². The third-order valence-electron chi connectivity index (χ3n) is 3.98. The summed E-state index contributed by atoms with van der Waals surface area (Å²) in [5, 5.41) is 2.90. The smallest absolute Gasteiger partial charge is 0.251 e. The molecule has 0 atom stereocenters. The summed E-state index contributed by atoms with van der Waals surface area (Å²) in [7, 11) is 0. The molecule has 0 saturated heterocycles. The Morgan fingerprint density at radius 2 is 2.00 bits per heavy atom. The zero-order valence-electron chi connectivity index (χ0n) is 11.9. The van der Waals surface area contributed by atoms with E-state index in [0.717, 1.165) is 12.8 Å². The van der Waals surface area contributed by atoms with Crippen molar-refractivity contribution in [1.82, 2.24) is 5.32 Å². The first kappa shape index (κ1) is 15.6. The molecule has 1 aromatic carbocycles. The van der Waals surface area contributed by atoms with E-state index in [2.05, 4.69) is 19.2 Å². The van der Waals surface area contributed by atoms with Gasteiger partial charge in [0.25, 0.3) is 5.91 Å². The number of rotatable bonds is 6. The van der Waals surface area contributed by atoms with Gasteiger partial charge in [0, 0.05) is 12.1 Å². The molecule has 0 radical (unpaired) electrons. The van der Waals surface area contributed by atoms with E-state index in [1.807, 2.05) is 0 Å². The van der Waals surface area contributed by atoms with Crippen molar-refractivity contribution < 1.29 is 9.18 Å². The molecule has 0 unspecified atom stereocenters. The summed E-state index contributed by atoms with van der Waals surface area (Å²) < 4.78 is 13.2. The summed E-state index contributed by atoms with van der Waals surface area (Å²) in [5.41, 5.74) is 6.70. The normalized spacial score (nSPS) is 11.4. The number of carbonyl (C=O) groups excluding carboxylic acids is 1. The number of hydrogen-bond acceptors (Lipinski definition) is 2. The Bertz CT molecular complexity index is 434. The summed E-state index contributed by atoms with van der Waals surface area (Å²) in [6.45, 7) is 6.89. The molecule has 0 bridgehead atoms. The minimum Gasteiger partial charge on any atom is -0.351 e. The molecule has 1 amide bonds. The molecule has 3 N–H and O–H groups in total. The maximum atomic E-state index is 13.2. The fourth-order valence-corrected chi connectivity index (χ4v) is 2.02. The molecule has 0 spiro atoms. The van der Waals surface area contributed by atoms with Crippen LogP contribution in [0.5, 0.6) is 0 Å². The summed E-state index contributed by atoms with van der Waals surface area (Å²) in [6, 6.07) is 4.38. The van der Waals surface area contributed by atoms with Crippen LogP contribution in [0.25, 0.3) is 0 Å². The second-order valence-corrected chi connectivity index (χ2v) is 5.06. The summed E-state index contributed by atoms with van der Waals surface area (Å²) in [4.78, 5) is 12.0. The number of carbonyl (C=O) groups is 1. The van der Waals surface area contributed by atoms with Gasteiger partial charge in [0.05, 0.1) is 0 Å². The van der Waals surface area contributed by atoms with Crippen LogP contribution in [-0.4, -0.2) is 19.0 Å². The zero-order valence-corrected chi connectivity index (χ0v) is 11.9. The zero-order chi connectivity index (χ0) is 14.5. The van der Waals surface area contributed by atoms with E-state index in [4.69, 9.17) is 5.73 Å². The van der Waals surface area contributed by atoms with E-state index < -0.39 is 0 Å². The molecule has 0 aromatic heterocycles. The number of halogens is 1. The Labute approximate surface area is 114 Å². The highest BCUT2D eigenvalue weighted by Crippen LogP contribution is 2.23. The molecule has 19 heavy (non-hydrogen) atoms. The number of benzene rings is 1. The van der Waals surface area contributed by atoms with E-state index in [1.54, 1.807) is 13.0 Å². The monoisotopic (exact) mass is 266 g/mol. The van der Waals surface area contributed by atoms with Gasteiger partial charge in [-0.05, 0) is 55.5 Å². The molecule has 3 nitrogen and oxygen atoms in total. The molecule has 106 valence electrons. The fraction of sp³-hybridized carbons (Fsp3) is 0.533. The van der Waals surface area contributed by atoms with Gasteiger partial charge in [-0.2, -0.15) is 0 Å². The molecular weight excluding hydrogens is 243 g/mol. The highest BCUT2D eigenvalue weighted by Gasteiger charge is 2.25. The van der Waals surface area contributed by atoms with E-state index in [1.165, 1.54) is 12.1 Å². The Hall–Kier alpha value is -1.42. The molecular formula is C15H23FN2O. The predicted molar refractivity (Wildman–Crippen MR) is 75.5 cm³/mol. The van der Waals surface area contributed by atoms with Gasteiger partial charge in [0.15, 0.2) is 0 Å². The highest BCUT2D eigenvalue weighted by molar-refractivity contribution is 5.94. The van der Waals surface area contributed by atoms with Gasteiger partial charge >= 0.3 is 0 Å². The lowest BCUT2D eigenvalue weighted by Crippen LogP contribution is -2.41. The Morgan fingerprint density at radius 1 is 1.37 bits per heavy atom. The van der Waals surface area contributed by atoms with Gasteiger partial charge in [-0.25, -0.2) is 4.39 Å². The molecule has 1 aromatic rings. The van der Waals surface area contributed by atoms with Crippen molar-refractivity contribution >= 4 is 5.91 Å². The average Bonchev–Trinajstić information content (AvgIpc) is 2.43. The summed E-state index contributed by atoms with van der Waals surface area (Å²) in [6.07, 6.45) is 1.84. The third-order valence-corrected chi connectivity index (χ3v) is 3.98. The van der Waals surface area contributed by atoms with E-state index in [-0.39, 0.29) is 17.1 Å². The van der Waals surface area contributed by atoms with Gasteiger partial charge in [-0.15, -0.1) is 0 Å².